The molecule has 166 valence electrons. The molecule has 4 nitrogen and oxygen atoms in total. The molecule has 3 atom stereocenters. The molecule has 1 fully saturated rings. The number of rotatable bonds is 4. The number of ether oxygens (including phenoxy) is 1. The van der Waals surface area contributed by atoms with Crippen molar-refractivity contribution in [1.82, 2.24) is 4.98 Å². The van der Waals surface area contributed by atoms with Crippen LogP contribution in [-0.4, -0.2) is 21.7 Å². The van der Waals surface area contributed by atoms with Crippen molar-refractivity contribution >= 4 is 27.6 Å². The van der Waals surface area contributed by atoms with Gasteiger partial charge in [-0.05, 0) is 85.0 Å². The summed E-state index contributed by atoms with van der Waals surface area (Å²) >= 11 is 0. The van der Waals surface area contributed by atoms with Gasteiger partial charge in [0.2, 0.25) is 0 Å². The molecule has 2 aliphatic rings. The number of carbonyl (C=O) groups is 1. The highest BCUT2D eigenvalue weighted by Crippen LogP contribution is 2.63. The van der Waals surface area contributed by atoms with E-state index in [2.05, 4.69) is 30.3 Å². The van der Waals surface area contributed by atoms with Gasteiger partial charge in [0, 0.05) is 16.6 Å². The first kappa shape index (κ1) is 20.4. The summed E-state index contributed by atoms with van der Waals surface area (Å²) in [5, 5.41) is 13.7. The van der Waals surface area contributed by atoms with Crippen LogP contribution in [0.25, 0.3) is 32.8 Å². The van der Waals surface area contributed by atoms with Crippen LogP contribution in [0.15, 0.2) is 54.6 Å². The Morgan fingerprint density at radius 3 is 2.42 bits per heavy atom. The molecule has 3 aromatic carbocycles. The minimum Gasteiger partial charge on any atom is -0.479 e. The number of pyridine rings is 1. The average molecular weight is 438 g/mol. The van der Waals surface area contributed by atoms with E-state index in [1.165, 1.54) is 28.3 Å². The number of hydrogen-bond donors (Lipinski definition) is 1. The SMILES string of the molecule is Cc1nc2ccccc2c(-c2ccc3c4c(cccc24)[C@H]2C[C@@H]32)c1[C@H](OC(C)(C)C)C(=O)O. The summed E-state index contributed by atoms with van der Waals surface area (Å²) < 4.78 is 6.13. The van der Waals surface area contributed by atoms with Crippen molar-refractivity contribution in [2.45, 2.75) is 57.7 Å². The quantitative estimate of drug-likeness (QED) is 0.378. The predicted octanol–water partition coefficient (Wildman–Crippen LogP) is 6.89. The molecule has 0 unspecified atom stereocenters. The lowest BCUT2D eigenvalue weighted by Gasteiger charge is -2.28. The Hall–Kier alpha value is -3.24. The molecule has 4 heteroatoms. The lowest BCUT2D eigenvalue weighted by atomic mass is 9.86. The van der Waals surface area contributed by atoms with Crippen molar-refractivity contribution in [3.8, 4) is 11.1 Å². The molecule has 2 aliphatic carbocycles. The molecule has 0 saturated heterocycles. The fourth-order valence-corrected chi connectivity index (χ4v) is 5.73. The maximum absolute atomic E-state index is 12.5. The standard InChI is InChI=1S/C29H27NO3/c1-15-24(27(28(31)32)33-29(2,3)4)26(20-8-5-6-11-23(20)30-15)18-12-13-19-22-14-21(22)17-10-7-9-16(18)25(17)19/h5-13,21-22,27H,14H2,1-4H3,(H,31,32)/t21-,22+,27+/m1/s1. The van der Waals surface area contributed by atoms with Crippen LogP contribution in [0, 0.1) is 6.92 Å². The molecular formula is C29H27NO3. The van der Waals surface area contributed by atoms with Crippen LogP contribution < -0.4 is 0 Å². The van der Waals surface area contributed by atoms with E-state index < -0.39 is 17.7 Å². The van der Waals surface area contributed by atoms with Gasteiger partial charge in [0.15, 0.2) is 6.10 Å². The van der Waals surface area contributed by atoms with Crippen molar-refractivity contribution in [2.75, 3.05) is 0 Å². The highest BCUT2D eigenvalue weighted by molar-refractivity contribution is 6.09. The highest BCUT2D eigenvalue weighted by atomic mass is 16.5. The molecule has 4 aromatic rings. The number of hydrogen-bond acceptors (Lipinski definition) is 3. The molecular weight excluding hydrogens is 410 g/mol. The number of benzene rings is 3. The van der Waals surface area contributed by atoms with E-state index in [9.17, 15) is 9.90 Å². The van der Waals surface area contributed by atoms with Crippen molar-refractivity contribution in [1.29, 1.82) is 0 Å². The van der Waals surface area contributed by atoms with Gasteiger partial charge in [-0.2, -0.15) is 0 Å². The van der Waals surface area contributed by atoms with Gasteiger partial charge < -0.3 is 9.84 Å². The monoisotopic (exact) mass is 437 g/mol. The molecule has 0 spiro atoms. The third kappa shape index (κ3) is 3.08. The molecule has 0 radical (unpaired) electrons. The second-order valence-corrected chi connectivity index (χ2v) is 10.4. The van der Waals surface area contributed by atoms with Crippen LogP contribution in [0.3, 0.4) is 0 Å². The molecule has 33 heavy (non-hydrogen) atoms. The van der Waals surface area contributed by atoms with E-state index in [1.807, 2.05) is 52.0 Å². The maximum Gasteiger partial charge on any atom is 0.337 e. The first-order valence-corrected chi connectivity index (χ1v) is 11.6. The Labute approximate surface area is 193 Å². The molecule has 6 rings (SSSR count). The van der Waals surface area contributed by atoms with Gasteiger partial charge in [-0.15, -0.1) is 0 Å². The minimum absolute atomic E-state index is 0.623. The Morgan fingerprint density at radius 2 is 1.70 bits per heavy atom. The highest BCUT2D eigenvalue weighted by Gasteiger charge is 2.46. The zero-order valence-corrected chi connectivity index (χ0v) is 19.3. The fourth-order valence-electron chi connectivity index (χ4n) is 5.73. The van der Waals surface area contributed by atoms with E-state index in [4.69, 9.17) is 9.72 Å². The third-order valence-electron chi connectivity index (χ3n) is 7.04. The van der Waals surface area contributed by atoms with Gasteiger partial charge in [-0.3, -0.25) is 4.98 Å². The van der Waals surface area contributed by atoms with Gasteiger partial charge in [0.1, 0.15) is 0 Å². The van der Waals surface area contributed by atoms with Gasteiger partial charge in [-0.1, -0.05) is 48.5 Å². The van der Waals surface area contributed by atoms with Crippen molar-refractivity contribution < 1.29 is 14.6 Å². The van der Waals surface area contributed by atoms with Gasteiger partial charge in [0.25, 0.3) is 0 Å². The molecule has 1 saturated carbocycles. The Balaban J connectivity index is 1.71. The third-order valence-corrected chi connectivity index (χ3v) is 7.04. The van der Waals surface area contributed by atoms with E-state index in [0.717, 1.165) is 22.0 Å². The summed E-state index contributed by atoms with van der Waals surface area (Å²) in [7, 11) is 0. The van der Waals surface area contributed by atoms with Crippen LogP contribution >= 0.6 is 0 Å². The molecule has 1 aromatic heterocycles. The van der Waals surface area contributed by atoms with Gasteiger partial charge in [-0.25, -0.2) is 4.79 Å². The summed E-state index contributed by atoms with van der Waals surface area (Å²) in [4.78, 5) is 17.3. The zero-order chi connectivity index (χ0) is 23.1. The van der Waals surface area contributed by atoms with Crippen LogP contribution in [0.4, 0.5) is 0 Å². The van der Waals surface area contributed by atoms with Crippen molar-refractivity contribution in [2.24, 2.45) is 0 Å². The second kappa shape index (κ2) is 6.88. The number of aliphatic carboxylic acids is 1. The van der Waals surface area contributed by atoms with E-state index in [0.29, 0.717) is 23.1 Å². The molecule has 0 amide bonds. The number of nitrogens with zero attached hydrogens (tertiary/aromatic N) is 1. The second-order valence-electron chi connectivity index (χ2n) is 10.4. The fraction of sp³-hybridized carbons (Fsp3) is 0.310. The zero-order valence-electron chi connectivity index (χ0n) is 19.3. The Morgan fingerprint density at radius 1 is 1.00 bits per heavy atom. The number of carboxylic acids is 1. The molecule has 1 heterocycles. The van der Waals surface area contributed by atoms with Crippen LogP contribution in [0.5, 0.6) is 0 Å². The summed E-state index contributed by atoms with van der Waals surface area (Å²) in [6.45, 7) is 7.55. The first-order chi connectivity index (χ1) is 15.7. The summed E-state index contributed by atoms with van der Waals surface area (Å²) in [5.41, 5.74) is 6.41. The summed E-state index contributed by atoms with van der Waals surface area (Å²) in [5.74, 6) is 0.286. The van der Waals surface area contributed by atoms with Crippen LogP contribution in [0.1, 0.15) is 67.5 Å². The van der Waals surface area contributed by atoms with Crippen molar-refractivity contribution in [3.63, 3.8) is 0 Å². The average Bonchev–Trinajstić information content (AvgIpc) is 3.49. The minimum atomic E-state index is -1.12. The predicted molar refractivity (Wildman–Crippen MR) is 131 cm³/mol. The number of fused-ring (bicyclic) bond motifs is 4. The maximum atomic E-state index is 12.5. The smallest absolute Gasteiger partial charge is 0.337 e. The topological polar surface area (TPSA) is 59.4 Å². The number of carboxylic acid groups (broad SMARTS) is 1. The lowest BCUT2D eigenvalue weighted by Crippen LogP contribution is -2.28. The first-order valence-electron chi connectivity index (χ1n) is 11.6. The number of para-hydroxylation sites is 1. The summed E-state index contributed by atoms with van der Waals surface area (Å²) in [6, 6.07) is 19.0. The van der Waals surface area contributed by atoms with Gasteiger partial charge in [0.05, 0.1) is 11.1 Å². The molecule has 1 N–H and O–H groups in total. The number of aryl methyl sites for hydroxylation is 1. The van der Waals surface area contributed by atoms with E-state index in [-0.39, 0.29) is 0 Å². The largest absolute Gasteiger partial charge is 0.479 e. The molecule has 0 aliphatic heterocycles. The Kier molecular flexibility index (Phi) is 4.25. The van der Waals surface area contributed by atoms with E-state index in [1.54, 1.807) is 0 Å². The van der Waals surface area contributed by atoms with Crippen LogP contribution in [0.2, 0.25) is 0 Å². The van der Waals surface area contributed by atoms with E-state index >= 15 is 0 Å². The number of aromatic nitrogens is 1. The lowest BCUT2D eigenvalue weighted by molar-refractivity contribution is -0.160. The van der Waals surface area contributed by atoms with Gasteiger partial charge >= 0.3 is 5.97 Å². The summed E-state index contributed by atoms with van der Waals surface area (Å²) in [6.07, 6.45) is 0.127. The van der Waals surface area contributed by atoms with Crippen molar-refractivity contribution in [3.05, 3.63) is 77.0 Å². The van der Waals surface area contributed by atoms with Crippen LogP contribution in [-0.2, 0) is 9.53 Å². The normalized spacial score (nSPS) is 19.6. The Bertz CT molecular complexity index is 1450. The molecule has 0 bridgehead atoms.